The molecule has 0 aliphatic carbocycles. The fourth-order valence-corrected chi connectivity index (χ4v) is 2.36. The Morgan fingerprint density at radius 2 is 2.13 bits per heavy atom. The van der Waals surface area contributed by atoms with Crippen LogP contribution < -0.4 is 4.90 Å². The van der Waals surface area contributed by atoms with Crippen LogP contribution in [0.15, 0.2) is 22.8 Å². The van der Waals surface area contributed by atoms with Crippen LogP contribution in [-0.4, -0.2) is 18.1 Å². The number of pyridine rings is 1. The Morgan fingerprint density at radius 3 is 2.67 bits per heavy atom. The molecular formula is C12H17BrN2. The largest absolute Gasteiger partial charge is 0.357 e. The molecule has 0 radical (unpaired) electrons. The van der Waals surface area contributed by atoms with Gasteiger partial charge in [0, 0.05) is 23.8 Å². The van der Waals surface area contributed by atoms with Crippen molar-refractivity contribution in [2.24, 2.45) is 5.92 Å². The lowest BCUT2D eigenvalue weighted by molar-refractivity contribution is 0.394. The van der Waals surface area contributed by atoms with Crippen LogP contribution in [0.5, 0.6) is 0 Å². The van der Waals surface area contributed by atoms with Crippen LogP contribution in [0.4, 0.5) is 5.82 Å². The summed E-state index contributed by atoms with van der Waals surface area (Å²) in [6.07, 6.45) is 5.82. The van der Waals surface area contributed by atoms with E-state index in [0.717, 1.165) is 29.3 Å². The third kappa shape index (κ3) is 2.71. The molecule has 0 N–H and O–H groups in total. The molecule has 0 atom stereocenters. The minimum atomic E-state index is 0.927. The van der Waals surface area contributed by atoms with E-state index in [0.29, 0.717) is 0 Å². The van der Waals surface area contributed by atoms with Gasteiger partial charge in [0.2, 0.25) is 0 Å². The molecule has 0 aromatic carbocycles. The van der Waals surface area contributed by atoms with Crippen LogP contribution >= 0.6 is 15.9 Å². The zero-order valence-corrected chi connectivity index (χ0v) is 10.7. The Bertz CT molecular complexity index is 302. The van der Waals surface area contributed by atoms with Gasteiger partial charge in [-0.2, -0.15) is 0 Å². The summed E-state index contributed by atoms with van der Waals surface area (Å²) in [5, 5.41) is 0. The van der Waals surface area contributed by atoms with E-state index < -0.39 is 0 Å². The van der Waals surface area contributed by atoms with Crippen molar-refractivity contribution >= 4 is 21.7 Å². The average molecular weight is 269 g/mol. The molecule has 2 nitrogen and oxygen atoms in total. The first kappa shape index (κ1) is 10.9. The number of rotatable bonds is 2. The molecule has 1 aliphatic heterocycles. The normalized spacial score (nSPS) is 18.1. The summed E-state index contributed by atoms with van der Waals surface area (Å²) in [6.45, 7) is 4.61. The van der Waals surface area contributed by atoms with Gasteiger partial charge in [-0.3, -0.25) is 0 Å². The number of piperidine rings is 1. The summed E-state index contributed by atoms with van der Waals surface area (Å²) in [7, 11) is 0. The summed E-state index contributed by atoms with van der Waals surface area (Å²) >= 11 is 3.41. The minimum absolute atomic E-state index is 0.927. The van der Waals surface area contributed by atoms with Gasteiger partial charge in [0.1, 0.15) is 5.82 Å². The highest BCUT2D eigenvalue weighted by atomic mass is 79.9. The van der Waals surface area contributed by atoms with Crippen molar-refractivity contribution in [2.75, 3.05) is 18.0 Å². The Morgan fingerprint density at radius 1 is 1.40 bits per heavy atom. The van der Waals surface area contributed by atoms with Gasteiger partial charge in [0.15, 0.2) is 0 Å². The number of hydrogen-bond acceptors (Lipinski definition) is 2. The predicted octanol–water partition coefficient (Wildman–Crippen LogP) is 3.47. The van der Waals surface area contributed by atoms with Gasteiger partial charge in [-0.25, -0.2) is 4.98 Å². The number of anilines is 1. The van der Waals surface area contributed by atoms with Crippen molar-refractivity contribution in [1.29, 1.82) is 0 Å². The molecule has 1 aromatic heterocycles. The minimum Gasteiger partial charge on any atom is -0.357 e. The topological polar surface area (TPSA) is 16.1 Å². The molecule has 2 rings (SSSR count). The maximum Gasteiger partial charge on any atom is 0.128 e. The van der Waals surface area contributed by atoms with Crippen LogP contribution in [0.3, 0.4) is 0 Å². The van der Waals surface area contributed by atoms with Crippen LogP contribution in [0.25, 0.3) is 0 Å². The third-order valence-electron chi connectivity index (χ3n) is 3.23. The van der Waals surface area contributed by atoms with E-state index in [-0.39, 0.29) is 0 Å². The second-order valence-electron chi connectivity index (χ2n) is 4.17. The number of hydrogen-bond donors (Lipinski definition) is 0. The molecule has 82 valence electrons. The van der Waals surface area contributed by atoms with Gasteiger partial charge in [-0.05, 0) is 46.8 Å². The van der Waals surface area contributed by atoms with Gasteiger partial charge in [-0.1, -0.05) is 13.3 Å². The van der Waals surface area contributed by atoms with E-state index in [1.165, 1.54) is 19.3 Å². The Hall–Kier alpha value is -0.570. The van der Waals surface area contributed by atoms with E-state index in [4.69, 9.17) is 0 Å². The maximum atomic E-state index is 4.43. The van der Waals surface area contributed by atoms with Gasteiger partial charge in [-0.15, -0.1) is 0 Å². The number of nitrogens with zero attached hydrogens (tertiary/aromatic N) is 2. The molecule has 0 amide bonds. The highest BCUT2D eigenvalue weighted by Gasteiger charge is 2.18. The highest BCUT2D eigenvalue weighted by molar-refractivity contribution is 9.10. The molecule has 0 unspecified atom stereocenters. The summed E-state index contributed by atoms with van der Waals surface area (Å²) < 4.78 is 1.05. The smallest absolute Gasteiger partial charge is 0.128 e. The molecule has 2 heterocycles. The van der Waals surface area contributed by atoms with Crippen LogP contribution in [0.1, 0.15) is 26.2 Å². The molecule has 0 saturated carbocycles. The first-order valence-corrected chi connectivity index (χ1v) is 6.45. The van der Waals surface area contributed by atoms with Crippen molar-refractivity contribution < 1.29 is 0 Å². The average Bonchev–Trinajstić information content (AvgIpc) is 2.30. The summed E-state index contributed by atoms with van der Waals surface area (Å²) in [5.41, 5.74) is 0. The quantitative estimate of drug-likeness (QED) is 0.817. The third-order valence-corrected chi connectivity index (χ3v) is 3.70. The Labute approximate surface area is 99.8 Å². The standard InChI is InChI=1S/C12H17BrN2/c1-2-10-5-7-15(8-6-10)12-4-3-11(13)9-14-12/h3-4,9-10H,2,5-8H2,1H3. The molecule has 1 saturated heterocycles. The second kappa shape index (κ2) is 4.97. The maximum absolute atomic E-state index is 4.43. The van der Waals surface area contributed by atoms with Crippen molar-refractivity contribution in [3.8, 4) is 0 Å². The lowest BCUT2D eigenvalue weighted by atomic mass is 9.94. The van der Waals surface area contributed by atoms with E-state index in [1.54, 1.807) is 0 Å². The summed E-state index contributed by atoms with van der Waals surface area (Å²) in [4.78, 5) is 6.82. The van der Waals surface area contributed by atoms with Crippen LogP contribution in [0, 0.1) is 5.92 Å². The molecule has 15 heavy (non-hydrogen) atoms. The zero-order chi connectivity index (χ0) is 10.7. The van der Waals surface area contributed by atoms with Crippen molar-refractivity contribution in [3.63, 3.8) is 0 Å². The molecule has 1 aliphatic rings. The first-order chi connectivity index (χ1) is 7.29. The molecule has 1 fully saturated rings. The van der Waals surface area contributed by atoms with E-state index >= 15 is 0 Å². The van der Waals surface area contributed by atoms with Gasteiger partial charge in [0.05, 0.1) is 0 Å². The van der Waals surface area contributed by atoms with Gasteiger partial charge < -0.3 is 4.90 Å². The van der Waals surface area contributed by atoms with Crippen LogP contribution in [0.2, 0.25) is 0 Å². The van der Waals surface area contributed by atoms with Gasteiger partial charge >= 0.3 is 0 Å². The van der Waals surface area contributed by atoms with Gasteiger partial charge in [0.25, 0.3) is 0 Å². The highest BCUT2D eigenvalue weighted by Crippen LogP contribution is 2.24. The summed E-state index contributed by atoms with van der Waals surface area (Å²) in [6, 6.07) is 4.16. The van der Waals surface area contributed by atoms with Crippen molar-refractivity contribution in [2.45, 2.75) is 26.2 Å². The SMILES string of the molecule is CCC1CCN(c2ccc(Br)cn2)CC1. The molecule has 3 heteroatoms. The van der Waals surface area contributed by atoms with E-state index in [2.05, 4.69) is 44.9 Å². The molecule has 1 aromatic rings. The molecule has 0 bridgehead atoms. The fraction of sp³-hybridized carbons (Fsp3) is 0.583. The zero-order valence-electron chi connectivity index (χ0n) is 9.12. The lowest BCUT2D eigenvalue weighted by Crippen LogP contribution is -2.33. The lowest BCUT2D eigenvalue weighted by Gasteiger charge is -2.32. The number of aromatic nitrogens is 1. The fourth-order valence-electron chi connectivity index (χ4n) is 2.13. The summed E-state index contributed by atoms with van der Waals surface area (Å²) in [5.74, 6) is 2.05. The van der Waals surface area contributed by atoms with E-state index in [1.807, 2.05) is 6.20 Å². The van der Waals surface area contributed by atoms with E-state index in [9.17, 15) is 0 Å². The Balaban J connectivity index is 1.98. The second-order valence-corrected chi connectivity index (χ2v) is 5.09. The van der Waals surface area contributed by atoms with Crippen molar-refractivity contribution in [3.05, 3.63) is 22.8 Å². The van der Waals surface area contributed by atoms with Crippen LogP contribution in [-0.2, 0) is 0 Å². The first-order valence-electron chi connectivity index (χ1n) is 5.66. The number of halogens is 1. The molecular weight excluding hydrogens is 252 g/mol. The Kier molecular flexibility index (Phi) is 3.62. The predicted molar refractivity (Wildman–Crippen MR) is 67.2 cm³/mol. The van der Waals surface area contributed by atoms with Crippen molar-refractivity contribution in [1.82, 2.24) is 4.98 Å². The monoisotopic (exact) mass is 268 g/mol. The molecule has 0 spiro atoms.